The highest BCUT2D eigenvalue weighted by molar-refractivity contribution is 6.12. The van der Waals surface area contributed by atoms with Crippen LogP contribution in [0.25, 0.3) is 0 Å². The molecular formula is C17H22N4O3. The number of methoxy groups -OCH3 is 1. The fourth-order valence-corrected chi connectivity index (χ4v) is 3.21. The molecule has 0 amide bonds. The second kappa shape index (κ2) is 6.41. The van der Waals surface area contributed by atoms with Gasteiger partial charge in [0.15, 0.2) is 11.5 Å². The van der Waals surface area contributed by atoms with Crippen molar-refractivity contribution >= 4 is 17.9 Å². The van der Waals surface area contributed by atoms with Crippen molar-refractivity contribution in [2.45, 2.75) is 12.5 Å². The Hall–Kier alpha value is -2.12. The zero-order chi connectivity index (χ0) is 16.5. The molecule has 3 aliphatic rings. The smallest absolute Gasteiger partial charge is 0.187 e. The average Bonchev–Trinajstić information content (AvgIpc) is 3.04. The lowest BCUT2D eigenvalue weighted by atomic mass is 10.1. The molecule has 3 aliphatic heterocycles. The fraction of sp³-hybridized carbons (Fsp3) is 0.529. The number of amidine groups is 1. The second-order valence-electron chi connectivity index (χ2n) is 6.26. The molecule has 0 saturated carbocycles. The summed E-state index contributed by atoms with van der Waals surface area (Å²) in [6.45, 7) is 4.66. The van der Waals surface area contributed by atoms with Gasteiger partial charge in [-0.2, -0.15) is 0 Å². The van der Waals surface area contributed by atoms with Crippen LogP contribution in [0.2, 0.25) is 0 Å². The van der Waals surface area contributed by atoms with Crippen LogP contribution in [0.4, 0.5) is 5.69 Å². The van der Waals surface area contributed by atoms with E-state index in [4.69, 9.17) is 9.47 Å². The van der Waals surface area contributed by atoms with Gasteiger partial charge in [0.1, 0.15) is 24.2 Å². The Morgan fingerprint density at radius 2 is 2.17 bits per heavy atom. The summed E-state index contributed by atoms with van der Waals surface area (Å²) >= 11 is 0. The number of β-amino-alcohol motifs (C(OH)–C–C–N with tert-alkyl or cyclic N) is 1. The summed E-state index contributed by atoms with van der Waals surface area (Å²) in [5.41, 5.74) is 1.70. The summed E-state index contributed by atoms with van der Waals surface area (Å²) in [5.74, 6) is 2.12. The van der Waals surface area contributed by atoms with Crippen LogP contribution in [-0.4, -0.2) is 79.6 Å². The molecule has 1 atom stereocenters. The molecule has 1 aromatic carbocycles. The number of likely N-dealkylation sites (tertiary alicyclic amines) is 1. The minimum Gasteiger partial charge on any atom is -0.491 e. The first-order valence-electron chi connectivity index (χ1n) is 8.36. The monoisotopic (exact) mass is 330 g/mol. The number of hydrogen-bond acceptors (Lipinski definition) is 7. The Labute approximate surface area is 141 Å². The fourth-order valence-electron chi connectivity index (χ4n) is 3.21. The quantitative estimate of drug-likeness (QED) is 0.838. The van der Waals surface area contributed by atoms with Crippen LogP contribution < -0.4 is 9.47 Å². The first-order chi connectivity index (χ1) is 11.8. The predicted octanol–water partition coefficient (Wildman–Crippen LogP) is 0.876. The van der Waals surface area contributed by atoms with Crippen LogP contribution in [0.1, 0.15) is 12.0 Å². The van der Waals surface area contributed by atoms with Crippen molar-refractivity contribution in [1.29, 1.82) is 0 Å². The van der Waals surface area contributed by atoms with Crippen molar-refractivity contribution in [1.82, 2.24) is 9.80 Å². The highest BCUT2D eigenvalue weighted by atomic mass is 16.5. The highest BCUT2D eigenvalue weighted by Crippen LogP contribution is 2.42. The van der Waals surface area contributed by atoms with Gasteiger partial charge in [-0.25, -0.2) is 4.99 Å². The van der Waals surface area contributed by atoms with Crippen LogP contribution in [0.3, 0.4) is 0 Å². The van der Waals surface area contributed by atoms with E-state index in [2.05, 4.69) is 14.9 Å². The molecule has 0 aromatic heterocycles. The van der Waals surface area contributed by atoms with Crippen LogP contribution in [0, 0.1) is 0 Å². The molecule has 7 nitrogen and oxygen atoms in total. The van der Waals surface area contributed by atoms with Crippen molar-refractivity contribution in [3.8, 4) is 11.5 Å². The summed E-state index contributed by atoms with van der Waals surface area (Å²) in [6.07, 6.45) is 2.49. The number of hydrogen-bond donors (Lipinski definition) is 1. The van der Waals surface area contributed by atoms with E-state index in [9.17, 15) is 5.11 Å². The lowest BCUT2D eigenvalue weighted by Gasteiger charge is -2.32. The third kappa shape index (κ3) is 2.74. The number of aliphatic hydroxyl groups excluding tert-OH is 1. The summed E-state index contributed by atoms with van der Waals surface area (Å²) in [5, 5.41) is 10.1. The molecule has 1 aromatic rings. The molecule has 24 heavy (non-hydrogen) atoms. The molecule has 0 unspecified atom stereocenters. The lowest BCUT2D eigenvalue weighted by Crippen LogP contribution is -2.43. The molecule has 3 heterocycles. The maximum absolute atomic E-state index is 10.1. The highest BCUT2D eigenvalue weighted by Gasteiger charge is 2.27. The number of ether oxygens (including phenoxy) is 2. The van der Waals surface area contributed by atoms with Crippen LogP contribution >= 0.6 is 0 Å². The summed E-state index contributed by atoms with van der Waals surface area (Å²) < 4.78 is 11.3. The van der Waals surface area contributed by atoms with E-state index in [1.807, 2.05) is 17.0 Å². The Kier molecular flexibility index (Phi) is 4.12. The standard InChI is InChI=1S/C17H22N4O3/c1-23-16-14(24-10-12(22)9-20-6-2-7-20)4-3-13-15(16)19-11-21-8-5-18-17(13)21/h3-4,11-12,22H,2,5-10H2,1H3/t12-/m1/s1. The normalized spacial score (nSPS) is 20.1. The molecule has 1 saturated heterocycles. The lowest BCUT2D eigenvalue weighted by molar-refractivity contribution is 0.0460. The van der Waals surface area contributed by atoms with Gasteiger partial charge in [0.2, 0.25) is 0 Å². The largest absolute Gasteiger partial charge is 0.491 e. The van der Waals surface area contributed by atoms with Crippen molar-refractivity contribution in [3.05, 3.63) is 17.7 Å². The minimum atomic E-state index is -0.510. The van der Waals surface area contributed by atoms with Crippen molar-refractivity contribution in [2.24, 2.45) is 9.98 Å². The van der Waals surface area contributed by atoms with Crippen LogP contribution in [0.5, 0.6) is 11.5 Å². The van der Waals surface area contributed by atoms with Crippen LogP contribution in [0.15, 0.2) is 22.1 Å². The van der Waals surface area contributed by atoms with Gasteiger partial charge >= 0.3 is 0 Å². The van der Waals surface area contributed by atoms with Gasteiger partial charge < -0.3 is 24.4 Å². The first kappa shape index (κ1) is 15.4. The third-order valence-corrected chi connectivity index (χ3v) is 4.59. The summed E-state index contributed by atoms with van der Waals surface area (Å²) in [7, 11) is 1.61. The van der Waals surface area contributed by atoms with E-state index in [-0.39, 0.29) is 6.61 Å². The van der Waals surface area contributed by atoms with Gasteiger partial charge in [-0.1, -0.05) is 0 Å². The number of nitrogens with zero attached hydrogens (tertiary/aromatic N) is 4. The molecule has 0 radical (unpaired) electrons. The summed E-state index contributed by atoms with van der Waals surface area (Å²) in [6, 6.07) is 3.83. The van der Waals surface area contributed by atoms with E-state index < -0.39 is 6.10 Å². The molecule has 0 aliphatic carbocycles. The predicted molar refractivity (Wildman–Crippen MR) is 91.8 cm³/mol. The van der Waals surface area contributed by atoms with E-state index >= 15 is 0 Å². The average molecular weight is 330 g/mol. The third-order valence-electron chi connectivity index (χ3n) is 4.59. The summed E-state index contributed by atoms with van der Waals surface area (Å²) in [4.78, 5) is 13.3. The van der Waals surface area contributed by atoms with Gasteiger partial charge in [-0.05, 0) is 31.6 Å². The zero-order valence-electron chi connectivity index (χ0n) is 13.8. The van der Waals surface area contributed by atoms with E-state index in [1.165, 1.54) is 6.42 Å². The van der Waals surface area contributed by atoms with Crippen molar-refractivity contribution < 1.29 is 14.6 Å². The molecule has 4 rings (SSSR count). The molecular weight excluding hydrogens is 308 g/mol. The Bertz CT molecular complexity index is 685. The van der Waals surface area contributed by atoms with Gasteiger partial charge in [0.25, 0.3) is 0 Å². The van der Waals surface area contributed by atoms with Gasteiger partial charge in [0, 0.05) is 18.7 Å². The Balaban J connectivity index is 1.51. The van der Waals surface area contributed by atoms with Crippen LogP contribution in [-0.2, 0) is 0 Å². The SMILES string of the molecule is COc1c(OC[C@H](O)CN2CCC2)ccc2c1N=CN1CCN=C21. The van der Waals surface area contributed by atoms with Crippen molar-refractivity contribution in [2.75, 3.05) is 46.4 Å². The van der Waals surface area contributed by atoms with Gasteiger partial charge in [-0.3, -0.25) is 4.99 Å². The Morgan fingerprint density at radius 3 is 2.92 bits per heavy atom. The molecule has 0 spiro atoms. The molecule has 7 heteroatoms. The second-order valence-corrected chi connectivity index (χ2v) is 6.26. The van der Waals surface area contributed by atoms with E-state index in [0.717, 1.165) is 43.3 Å². The molecule has 0 bridgehead atoms. The van der Waals surface area contributed by atoms with Crippen molar-refractivity contribution in [3.63, 3.8) is 0 Å². The number of benzene rings is 1. The van der Waals surface area contributed by atoms with Gasteiger partial charge in [-0.15, -0.1) is 0 Å². The maximum Gasteiger partial charge on any atom is 0.187 e. The number of rotatable bonds is 6. The zero-order valence-corrected chi connectivity index (χ0v) is 13.8. The maximum atomic E-state index is 10.1. The number of fused-ring (bicyclic) bond motifs is 3. The van der Waals surface area contributed by atoms with Gasteiger partial charge in [0.05, 0.1) is 20.0 Å². The molecule has 1 N–H and O–H groups in total. The van der Waals surface area contributed by atoms with E-state index in [0.29, 0.717) is 18.0 Å². The molecule has 1 fully saturated rings. The Morgan fingerprint density at radius 1 is 1.29 bits per heavy atom. The minimum absolute atomic E-state index is 0.239. The van der Waals surface area contributed by atoms with E-state index in [1.54, 1.807) is 13.4 Å². The first-order valence-corrected chi connectivity index (χ1v) is 8.36. The topological polar surface area (TPSA) is 69.9 Å². The molecule has 128 valence electrons. The number of aliphatic hydroxyl groups is 1. The number of aliphatic imine (C=N–C) groups is 2.